The van der Waals surface area contributed by atoms with E-state index < -0.39 is 0 Å². The van der Waals surface area contributed by atoms with Crippen molar-refractivity contribution in [3.8, 4) is 11.5 Å². The molecule has 1 aromatic carbocycles. The highest BCUT2D eigenvalue weighted by Gasteiger charge is 2.19. The lowest BCUT2D eigenvalue weighted by Gasteiger charge is -2.13. The van der Waals surface area contributed by atoms with Crippen LogP contribution in [0.25, 0.3) is 0 Å². The number of methoxy groups -OCH3 is 2. The molecule has 0 aliphatic rings. The van der Waals surface area contributed by atoms with E-state index in [0.29, 0.717) is 27.4 Å². The van der Waals surface area contributed by atoms with Crippen molar-refractivity contribution in [3.05, 3.63) is 46.7 Å². The van der Waals surface area contributed by atoms with E-state index in [9.17, 15) is 4.79 Å². The number of rotatable bonds is 4. The zero-order valence-electron chi connectivity index (χ0n) is 11.0. The number of benzene rings is 1. The number of carbonyl (C=O) groups is 1. The summed E-state index contributed by atoms with van der Waals surface area (Å²) in [5.41, 5.74) is 0.915. The standard InChI is InChI=1S/C14H13BrN2O3/c1-19-10-6-3-7-11(20-2)12(10)14(18)17-9-5-4-8-16-13(9)15/h3-8H,1-2H3,(H,17,18). The van der Waals surface area contributed by atoms with Gasteiger partial charge >= 0.3 is 0 Å². The average molecular weight is 337 g/mol. The summed E-state index contributed by atoms with van der Waals surface area (Å²) in [7, 11) is 3.01. The number of hydrogen-bond acceptors (Lipinski definition) is 4. The second-order valence-corrected chi connectivity index (χ2v) is 4.58. The molecule has 0 radical (unpaired) electrons. The number of amides is 1. The highest BCUT2D eigenvalue weighted by atomic mass is 79.9. The predicted octanol–water partition coefficient (Wildman–Crippen LogP) is 3.11. The fourth-order valence-electron chi connectivity index (χ4n) is 1.74. The second kappa shape index (κ2) is 6.38. The summed E-state index contributed by atoms with van der Waals surface area (Å²) >= 11 is 3.28. The van der Waals surface area contributed by atoms with Crippen molar-refractivity contribution in [3.63, 3.8) is 0 Å². The van der Waals surface area contributed by atoms with Gasteiger partial charge in [-0.3, -0.25) is 4.79 Å². The van der Waals surface area contributed by atoms with E-state index in [4.69, 9.17) is 9.47 Å². The number of ether oxygens (including phenoxy) is 2. The van der Waals surface area contributed by atoms with Crippen molar-refractivity contribution in [2.45, 2.75) is 0 Å². The minimum Gasteiger partial charge on any atom is -0.496 e. The number of carbonyl (C=O) groups excluding carboxylic acids is 1. The van der Waals surface area contributed by atoms with Gasteiger partial charge in [-0.05, 0) is 40.2 Å². The van der Waals surface area contributed by atoms with E-state index in [1.165, 1.54) is 14.2 Å². The van der Waals surface area contributed by atoms with Crippen molar-refractivity contribution in [2.75, 3.05) is 19.5 Å². The Hall–Kier alpha value is -2.08. The molecule has 5 nitrogen and oxygen atoms in total. The third kappa shape index (κ3) is 2.91. The van der Waals surface area contributed by atoms with Crippen molar-refractivity contribution in [1.82, 2.24) is 4.98 Å². The van der Waals surface area contributed by atoms with Gasteiger partial charge in [-0.15, -0.1) is 0 Å². The van der Waals surface area contributed by atoms with E-state index in [-0.39, 0.29) is 5.91 Å². The van der Waals surface area contributed by atoms with Crippen LogP contribution in [0.5, 0.6) is 11.5 Å². The van der Waals surface area contributed by atoms with Crippen LogP contribution in [0.4, 0.5) is 5.69 Å². The van der Waals surface area contributed by atoms with Crippen LogP contribution in [0, 0.1) is 0 Å². The van der Waals surface area contributed by atoms with Crippen LogP contribution in [0.2, 0.25) is 0 Å². The largest absolute Gasteiger partial charge is 0.496 e. The molecule has 0 spiro atoms. The van der Waals surface area contributed by atoms with Crippen LogP contribution in [-0.4, -0.2) is 25.1 Å². The normalized spacial score (nSPS) is 9.95. The van der Waals surface area contributed by atoms with Crippen LogP contribution in [0.3, 0.4) is 0 Å². The predicted molar refractivity (Wildman–Crippen MR) is 79.4 cm³/mol. The first-order valence-corrected chi connectivity index (χ1v) is 6.59. The number of nitrogens with zero attached hydrogens (tertiary/aromatic N) is 1. The van der Waals surface area contributed by atoms with E-state index in [1.807, 2.05) is 0 Å². The lowest BCUT2D eigenvalue weighted by molar-refractivity contribution is 0.102. The van der Waals surface area contributed by atoms with Gasteiger partial charge in [0.25, 0.3) is 5.91 Å². The van der Waals surface area contributed by atoms with Crippen molar-refractivity contribution >= 4 is 27.5 Å². The molecule has 20 heavy (non-hydrogen) atoms. The highest BCUT2D eigenvalue weighted by Crippen LogP contribution is 2.29. The Kier molecular flexibility index (Phi) is 4.57. The van der Waals surface area contributed by atoms with Crippen molar-refractivity contribution in [2.24, 2.45) is 0 Å². The van der Waals surface area contributed by atoms with Gasteiger partial charge in [0.1, 0.15) is 21.7 Å². The maximum absolute atomic E-state index is 12.4. The monoisotopic (exact) mass is 336 g/mol. The van der Waals surface area contributed by atoms with Gasteiger partial charge in [0.15, 0.2) is 0 Å². The number of hydrogen-bond donors (Lipinski definition) is 1. The van der Waals surface area contributed by atoms with E-state index in [1.54, 1.807) is 36.5 Å². The second-order valence-electron chi connectivity index (χ2n) is 3.83. The molecular formula is C14H13BrN2O3. The first-order valence-electron chi connectivity index (χ1n) is 5.80. The van der Waals surface area contributed by atoms with E-state index in [0.717, 1.165) is 0 Å². The Morgan fingerprint density at radius 1 is 1.15 bits per heavy atom. The maximum atomic E-state index is 12.4. The number of halogens is 1. The molecule has 0 saturated carbocycles. The topological polar surface area (TPSA) is 60.5 Å². The van der Waals surface area contributed by atoms with Crippen LogP contribution in [-0.2, 0) is 0 Å². The van der Waals surface area contributed by atoms with Gasteiger partial charge < -0.3 is 14.8 Å². The quantitative estimate of drug-likeness (QED) is 0.871. The van der Waals surface area contributed by atoms with Crippen LogP contribution in [0.1, 0.15) is 10.4 Å². The molecule has 1 N–H and O–H groups in total. The average Bonchev–Trinajstić information content (AvgIpc) is 2.48. The molecule has 0 aliphatic carbocycles. The molecule has 1 aromatic heterocycles. The molecular weight excluding hydrogens is 324 g/mol. The Labute approximate surface area is 125 Å². The minimum atomic E-state index is -0.326. The zero-order valence-corrected chi connectivity index (χ0v) is 12.6. The Balaban J connectivity index is 2.36. The van der Waals surface area contributed by atoms with Gasteiger partial charge in [-0.25, -0.2) is 4.98 Å². The fourth-order valence-corrected chi connectivity index (χ4v) is 2.09. The first kappa shape index (κ1) is 14.3. The summed E-state index contributed by atoms with van der Waals surface area (Å²) in [5.74, 6) is 0.566. The maximum Gasteiger partial charge on any atom is 0.263 e. The van der Waals surface area contributed by atoms with Crippen LogP contribution in [0.15, 0.2) is 41.1 Å². The Bertz CT molecular complexity index is 609. The summed E-state index contributed by atoms with van der Waals surface area (Å²) in [6, 6.07) is 8.65. The summed E-state index contributed by atoms with van der Waals surface area (Å²) in [5, 5.41) is 2.77. The van der Waals surface area contributed by atoms with Crippen molar-refractivity contribution < 1.29 is 14.3 Å². The molecule has 0 aliphatic heterocycles. The zero-order chi connectivity index (χ0) is 14.5. The van der Waals surface area contributed by atoms with Crippen LogP contribution >= 0.6 is 15.9 Å². The number of aromatic nitrogens is 1. The Morgan fingerprint density at radius 2 is 1.80 bits per heavy atom. The molecule has 0 fully saturated rings. The summed E-state index contributed by atoms with van der Waals surface area (Å²) < 4.78 is 11.0. The lowest BCUT2D eigenvalue weighted by Crippen LogP contribution is -2.15. The number of pyridine rings is 1. The van der Waals surface area contributed by atoms with Gasteiger partial charge in [0.2, 0.25) is 0 Å². The summed E-state index contributed by atoms with van der Waals surface area (Å²) in [6.45, 7) is 0. The molecule has 2 rings (SSSR count). The molecule has 0 atom stereocenters. The number of nitrogens with one attached hydrogen (secondary N) is 1. The molecule has 6 heteroatoms. The SMILES string of the molecule is COc1cccc(OC)c1C(=O)Nc1cccnc1Br. The molecule has 1 amide bonds. The first-order chi connectivity index (χ1) is 9.67. The lowest BCUT2D eigenvalue weighted by atomic mass is 10.1. The third-order valence-electron chi connectivity index (χ3n) is 2.66. The number of anilines is 1. The van der Waals surface area contributed by atoms with E-state index in [2.05, 4.69) is 26.2 Å². The summed E-state index contributed by atoms with van der Waals surface area (Å²) in [4.78, 5) is 16.5. The summed E-state index contributed by atoms with van der Waals surface area (Å²) in [6.07, 6.45) is 1.63. The van der Waals surface area contributed by atoms with Gasteiger partial charge in [0, 0.05) is 6.20 Å². The molecule has 0 bridgehead atoms. The smallest absolute Gasteiger partial charge is 0.263 e. The van der Waals surface area contributed by atoms with Gasteiger partial charge in [-0.1, -0.05) is 6.07 Å². The van der Waals surface area contributed by atoms with Crippen molar-refractivity contribution in [1.29, 1.82) is 0 Å². The van der Waals surface area contributed by atoms with E-state index >= 15 is 0 Å². The Morgan fingerprint density at radius 3 is 2.35 bits per heavy atom. The van der Waals surface area contributed by atoms with Crippen LogP contribution < -0.4 is 14.8 Å². The van der Waals surface area contributed by atoms with Gasteiger partial charge in [0.05, 0.1) is 19.9 Å². The van der Waals surface area contributed by atoms with Gasteiger partial charge in [-0.2, -0.15) is 0 Å². The minimum absolute atomic E-state index is 0.326. The molecule has 1 heterocycles. The highest BCUT2D eigenvalue weighted by molar-refractivity contribution is 9.10. The fraction of sp³-hybridized carbons (Fsp3) is 0.143. The molecule has 0 unspecified atom stereocenters. The molecule has 2 aromatic rings. The third-order valence-corrected chi connectivity index (χ3v) is 3.29. The molecule has 0 saturated heterocycles. The molecule has 104 valence electrons.